The highest BCUT2D eigenvalue weighted by atomic mass is 35.5. The SMILES string of the molecule is Cc1ccc(C)c(NC(=O)Cn2cc(S(=O)(=O)c3ccc(Cl)cc3)c(=O)c3cc(C)ccc32)c1. The van der Waals surface area contributed by atoms with Gasteiger partial charge in [0.25, 0.3) is 0 Å². The van der Waals surface area contributed by atoms with Crippen molar-refractivity contribution < 1.29 is 13.2 Å². The number of halogens is 1. The minimum atomic E-state index is -4.14. The van der Waals surface area contributed by atoms with E-state index in [-0.39, 0.29) is 22.7 Å². The Morgan fingerprint density at radius 2 is 1.59 bits per heavy atom. The van der Waals surface area contributed by atoms with E-state index in [1.165, 1.54) is 35.0 Å². The molecule has 1 aromatic heterocycles. The van der Waals surface area contributed by atoms with Crippen LogP contribution in [0.5, 0.6) is 0 Å². The number of rotatable bonds is 5. The van der Waals surface area contributed by atoms with Gasteiger partial charge in [-0.15, -0.1) is 0 Å². The molecule has 34 heavy (non-hydrogen) atoms. The summed E-state index contributed by atoms with van der Waals surface area (Å²) >= 11 is 5.90. The molecule has 0 spiro atoms. The first-order chi connectivity index (χ1) is 16.1. The molecule has 0 radical (unpaired) electrons. The maximum atomic E-state index is 13.3. The highest BCUT2D eigenvalue weighted by molar-refractivity contribution is 7.91. The number of nitrogens with zero attached hydrogens (tertiary/aromatic N) is 1. The second-order valence-corrected chi connectivity index (χ2v) is 10.6. The van der Waals surface area contributed by atoms with E-state index >= 15 is 0 Å². The number of anilines is 1. The molecule has 6 nitrogen and oxygen atoms in total. The van der Waals surface area contributed by atoms with E-state index in [1.54, 1.807) is 12.1 Å². The molecule has 4 rings (SSSR count). The molecule has 174 valence electrons. The molecule has 3 aromatic carbocycles. The molecular weight excluding hydrogens is 472 g/mol. The van der Waals surface area contributed by atoms with Crippen molar-refractivity contribution in [1.82, 2.24) is 4.57 Å². The Morgan fingerprint density at radius 1 is 0.941 bits per heavy atom. The highest BCUT2D eigenvalue weighted by Crippen LogP contribution is 2.24. The van der Waals surface area contributed by atoms with Crippen molar-refractivity contribution in [2.75, 3.05) is 5.32 Å². The smallest absolute Gasteiger partial charge is 0.244 e. The van der Waals surface area contributed by atoms with Crippen LogP contribution in [0, 0.1) is 20.8 Å². The number of aromatic nitrogens is 1. The van der Waals surface area contributed by atoms with Gasteiger partial charge in [-0.1, -0.05) is 35.4 Å². The van der Waals surface area contributed by atoms with Crippen LogP contribution in [0.1, 0.15) is 16.7 Å². The van der Waals surface area contributed by atoms with Crippen LogP contribution >= 0.6 is 11.6 Å². The molecule has 0 aliphatic carbocycles. The predicted octanol–water partition coefficient (Wildman–Crippen LogP) is 5.05. The molecule has 0 atom stereocenters. The zero-order chi connectivity index (χ0) is 24.6. The number of hydrogen-bond donors (Lipinski definition) is 1. The lowest BCUT2D eigenvalue weighted by atomic mass is 10.1. The van der Waals surface area contributed by atoms with Crippen LogP contribution in [0.4, 0.5) is 5.69 Å². The van der Waals surface area contributed by atoms with Gasteiger partial charge in [0.1, 0.15) is 11.4 Å². The fourth-order valence-corrected chi connectivity index (χ4v) is 5.26. The van der Waals surface area contributed by atoms with Gasteiger partial charge in [-0.05, 0) is 74.4 Å². The van der Waals surface area contributed by atoms with Crippen LogP contribution in [0.2, 0.25) is 5.02 Å². The van der Waals surface area contributed by atoms with Gasteiger partial charge in [-0.3, -0.25) is 9.59 Å². The Hall–Kier alpha value is -3.42. The third-order valence-electron chi connectivity index (χ3n) is 5.60. The third-order valence-corrected chi connectivity index (χ3v) is 7.61. The summed E-state index contributed by atoms with van der Waals surface area (Å²) in [6.45, 7) is 5.47. The number of hydrogen-bond acceptors (Lipinski definition) is 4. The quantitative estimate of drug-likeness (QED) is 0.420. The van der Waals surface area contributed by atoms with E-state index in [9.17, 15) is 18.0 Å². The Kier molecular flexibility index (Phi) is 6.34. The van der Waals surface area contributed by atoms with Crippen molar-refractivity contribution in [3.63, 3.8) is 0 Å². The first kappa shape index (κ1) is 23.7. The van der Waals surface area contributed by atoms with Crippen molar-refractivity contribution in [3.8, 4) is 0 Å². The minimum Gasteiger partial charge on any atom is -0.336 e. The van der Waals surface area contributed by atoms with Crippen LogP contribution in [0.25, 0.3) is 10.9 Å². The molecule has 8 heteroatoms. The summed E-state index contributed by atoms with van der Waals surface area (Å²) < 4.78 is 28.2. The molecular formula is C26H23ClN2O4S. The zero-order valence-electron chi connectivity index (χ0n) is 18.9. The molecule has 0 fully saturated rings. The fraction of sp³-hybridized carbons (Fsp3) is 0.154. The third kappa shape index (κ3) is 4.62. The first-order valence-corrected chi connectivity index (χ1v) is 12.4. The van der Waals surface area contributed by atoms with Gasteiger partial charge in [0.05, 0.1) is 10.4 Å². The summed E-state index contributed by atoms with van der Waals surface area (Å²) in [7, 11) is -4.14. The molecule has 0 saturated carbocycles. The number of nitrogens with one attached hydrogen (secondary N) is 1. The van der Waals surface area contributed by atoms with Gasteiger partial charge < -0.3 is 9.88 Å². The Bertz CT molecular complexity index is 1590. The maximum absolute atomic E-state index is 13.3. The number of pyridine rings is 1. The molecule has 0 saturated heterocycles. The predicted molar refractivity (Wildman–Crippen MR) is 134 cm³/mol. The standard InChI is InChI=1S/C26H23ClN2O4S/c1-16-5-11-23-21(12-16)26(31)24(34(32,33)20-9-7-19(27)8-10-20)14-29(23)15-25(30)28-22-13-17(2)4-6-18(22)3/h4-14H,15H2,1-3H3,(H,28,30). The Balaban J connectivity index is 1.83. The van der Waals surface area contributed by atoms with Crippen molar-refractivity contribution in [2.45, 2.75) is 37.1 Å². The number of benzene rings is 3. The maximum Gasteiger partial charge on any atom is 0.244 e. The normalized spacial score (nSPS) is 11.5. The molecule has 1 heterocycles. The lowest BCUT2D eigenvalue weighted by Crippen LogP contribution is -2.24. The molecule has 1 amide bonds. The molecule has 0 aliphatic heterocycles. The minimum absolute atomic E-state index is 0.0487. The number of amides is 1. The monoisotopic (exact) mass is 494 g/mol. The Labute approximate surface area is 202 Å². The second kappa shape index (κ2) is 9.08. The van der Waals surface area contributed by atoms with Crippen LogP contribution < -0.4 is 10.7 Å². The molecule has 4 aromatic rings. The van der Waals surface area contributed by atoms with E-state index in [1.807, 2.05) is 45.0 Å². The summed E-state index contributed by atoms with van der Waals surface area (Å²) in [5.41, 5.74) is 3.26. The number of carbonyl (C=O) groups is 1. The van der Waals surface area contributed by atoms with Crippen molar-refractivity contribution >= 4 is 43.9 Å². The lowest BCUT2D eigenvalue weighted by Gasteiger charge is -2.15. The largest absolute Gasteiger partial charge is 0.336 e. The van der Waals surface area contributed by atoms with Gasteiger partial charge >= 0.3 is 0 Å². The van der Waals surface area contributed by atoms with E-state index < -0.39 is 20.2 Å². The van der Waals surface area contributed by atoms with Crippen LogP contribution in [-0.4, -0.2) is 18.9 Å². The van der Waals surface area contributed by atoms with Crippen LogP contribution in [-0.2, 0) is 21.2 Å². The van der Waals surface area contributed by atoms with E-state index in [4.69, 9.17) is 11.6 Å². The topological polar surface area (TPSA) is 85.2 Å². The second-order valence-electron chi connectivity index (χ2n) is 8.29. The fourth-order valence-electron chi connectivity index (χ4n) is 3.76. The van der Waals surface area contributed by atoms with E-state index in [0.29, 0.717) is 16.2 Å². The lowest BCUT2D eigenvalue weighted by molar-refractivity contribution is -0.116. The molecule has 0 unspecified atom stereocenters. The van der Waals surface area contributed by atoms with Gasteiger partial charge in [-0.2, -0.15) is 0 Å². The van der Waals surface area contributed by atoms with Crippen LogP contribution in [0.3, 0.4) is 0 Å². The van der Waals surface area contributed by atoms with Crippen LogP contribution in [0.15, 0.2) is 81.4 Å². The average molecular weight is 495 g/mol. The van der Waals surface area contributed by atoms with Gasteiger partial charge in [-0.25, -0.2) is 8.42 Å². The zero-order valence-corrected chi connectivity index (χ0v) is 20.5. The number of aryl methyl sites for hydroxylation is 3. The summed E-state index contributed by atoms with van der Waals surface area (Å²) in [4.78, 5) is 25.8. The first-order valence-electron chi connectivity index (χ1n) is 10.6. The molecule has 0 aliphatic rings. The van der Waals surface area contributed by atoms with Crippen molar-refractivity contribution in [2.24, 2.45) is 0 Å². The summed E-state index contributed by atoms with van der Waals surface area (Å²) in [5, 5.41) is 3.50. The summed E-state index contributed by atoms with van der Waals surface area (Å²) in [5.74, 6) is -0.339. The van der Waals surface area contributed by atoms with Crippen molar-refractivity contribution in [1.29, 1.82) is 0 Å². The van der Waals surface area contributed by atoms with Gasteiger partial charge in [0.15, 0.2) is 0 Å². The summed E-state index contributed by atoms with van der Waals surface area (Å²) in [6, 6.07) is 16.5. The average Bonchev–Trinajstić information content (AvgIpc) is 2.78. The number of fused-ring (bicyclic) bond motifs is 1. The number of sulfone groups is 1. The number of carbonyl (C=O) groups excluding carboxylic acids is 1. The van der Waals surface area contributed by atoms with E-state index in [2.05, 4.69) is 5.32 Å². The summed E-state index contributed by atoms with van der Waals surface area (Å²) in [6.07, 6.45) is 1.24. The van der Waals surface area contributed by atoms with E-state index in [0.717, 1.165) is 16.7 Å². The van der Waals surface area contributed by atoms with Crippen molar-refractivity contribution in [3.05, 3.63) is 98.8 Å². The molecule has 0 bridgehead atoms. The van der Waals surface area contributed by atoms with Gasteiger partial charge in [0.2, 0.25) is 21.2 Å². The van der Waals surface area contributed by atoms with Gasteiger partial charge in [0, 0.05) is 22.3 Å². The highest BCUT2D eigenvalue weighted by Gasteiger charge is 2.24. The Morgan fingerprint density at radius 3 is 2.29 bits per heavy atom. The molecule has 1 N–H and O–H groups in total.